The van der Waals surface area contributed by atoms with E-state index in [1.165, 1.54) is 22.2 Å². The van der Waals surface area contributed by atoms with Crippen LogP contribution in [0.1, 0.15) is 15.9 Å². The number of carbonyl (C=O) groups excluding carboxylic acids is 1. The number of rotatable bonds is 6. The molecular weight excluding hydrogens is 524 g/mol. The van der Waals surface area contributed by atoms with Crippen LogP contribution in [-0.2, 0) is 0 Å². The van der Waals surface area contributed by atoms with Gasteiger partial charge in [0.05, 0.1) is 11.8 Å². The van der Waals surface area contributed by atoms with E-state index >= 15 is 0 Å². The molecule has 0 unspecified atom stereocenters. The second-order valence-electron chi connectivity index (χ2n) is 8.52. The highest BCUT2D eigenvalue weighted by Crippen LogP contribution is 2.40. The average molecular weight is 543 g/mol. The molecule has 2 N–H and O–H groups in total. The van der Waals surface area contributed by atoms with Crippen molar-refractivity contribution in [1.82, 2.24) is 20.0 Å². The van der Waals surface area contributed by atoms with Crippen LogP contribution >= 0.6 is 11.3 Å². The molecule has 40 heavy (non-hydrogen) atoms. The number of amides is 1. The van der Waals surface area contributed by atoms with Crippen molar-refractivity contribution in [2.45, 2.75) is 0 Å². The topological polar surface area (TPSA) is 141 Å². The number of anilines is 1. The van der Waals surface area contributed by atoms with Crippen LogP contribution < -0.4 is 5.32 Å². The largest absolute Gasteiger partial charge is 0.505 e. The smallest absolute Gasteiger partial charge is 0.259 e. The van der Waals surface area contributed by atoms with Crippen LogP contribution in [0, 0.1) is 11.3 Å². The Morgan fingerprint density at radius 3 is 2.45 bits per heavy atom. The summed E-state index contributed by atoms with van der Waals surface area (Å²) in [6.45, 7) is 0. The molecule has 2 heterocycles. The molecule has 10 nitrogen and oxygen atoms in total. The summed E-state index contributed by atoms with van der Waals surface area (Å²) in [5.41, 5.74) is 1.74. The SMILES string of the molecule is N#Cc1cnn(-c2nnc(-c3ccccc3)s2)c1/N=N/c1c(O)c(C(=O)Nc2ccccc2)cc2ccccc12. The highest BCUT2D eigenvalue weighted by molar-refractivity contribution is 7.17. The Balaban J connectivity index is 1.41. The number of azo groups is 1. The Morgan fingerprint density at radius 2 is 1.68 bits per heavy atom. The molecule has 0 fully saturated rings. The van der Waals surface area contributed by atoms with E-state index in [9.17, 15) is 15.2 Å². The standard InChI is InChI=1S/C29H18N8O2S/c30-16-20-17-31-37(29-36-35-28(40-29)18-9-3-1-4-10-18)26(20)34-33-24-22-14-8-7-11-19(22)15-23(25(24)38)27(39)32-21-12-5-2-6-13-21/h1-15,17,38H,(H,32,39)/b34-33+. The summed E-state index contributed by atoms with van der Waals surface area (Å²) in [5, 5.41) is 47.4. The zero-order chi connectivity index (χ0) is 27.5. The highest BCUT2D eigenvalue weighted by Gasteiger charge is 2.20. The van der Waals surface area contributed by atoms with Crippen LogP contribution in [0.4, 0.5) is 17.2 Å². The Kier molecular flexibility index (Phi) is 6.50. The van der Waals surface area contributed by atoms with E-state index in [0.29, 0.717) is 26.6 Å². The number of para-hydroxylation sites is 1. The summed E-state index contributed by atoms with van der Waals surface area (Å²) < 4.78 is 1.37. The molecule has 0 radical (unpaired) electrons. The number of hydrogen-bond donors (Lipinski definition) is 2. The van der Waals surface area contributed by atoms with E-state index in [-0.39, 0.29) is 28.4 Å². The van der Waals surface area contributed by atoms with Gasteiger partial charge in [0, 0.05) is 16.6 Å². The third-order valence-electron chi connectivity index (χ3n) is 6.00. The number of aromatic nitrogens is 4. The van der Waals surface area contributed by atoms with Crippen molar-refractivity contribution in [2.24, 2.45) is 10.2 Å². The van der Waals surface area contributed by atoms with Crippen molar-refractivity contribution in [3.63, 3.8) is 0 Å². The van der Waals surface area contributed by atoms with Gasteiger partial charge in [-0.05, 0) is 23.6 Å². The van der Waals surface area contributed by atoms with Gasteiger partial charge in [0.15, 0.2) is 11.6 Å². The van der Waals surface area contributed by atoms with E-state index < -0.39 is 5.91 Å². The average Bonchev–Trinajstić information content (AvgIpc) is 3.64. The van der Waals surface area contributed by atoms with Crippen molar-refractivity contribution in [1.29, 1.82) is 5.26 Å². The summed E-state index contributed by atoms with van der Waals surface area (Å²) >= 11 is 1.28. The number of fused-ring (bicyclic) bond motifs is 1. The Morgan fingerprint density at radius 1 is 0.950 bits per heavy atom. The van der Waals surface area contributed by atoms with Crippen LogP contribution in [0.15, 0.2) is 107 Å². The number of carbonyl (C=O) groups is 1. The third kappa shape index (κ3) is 4.66. The van der Waals surface area contributed by atoms with Crippen LogP contribution in [0.5, 0.6) is 5.75 Å². The van der Waals surface area contributed by atoms with Crippen molar-refractivity contribution in [3.8, 4) is 27.5 Å². The van der Waals surface area contributed by atoms with Crippen molar-refractivity contribution in [2.75, 3.05) is 5.32 Å². The molecule has 0 aliphatic rings. The number of phenolic OH excluding ortho intramolecular Hbond substituents is 1. The molecule has 1 amide bonds. The molecule has 6 aromatic rings. The van der Waals surface area contributed by atoms with E-state index in [4.69, 9.17) is 0 Å². The van der Waals surface area contributed by atoms with Gasteiger partial charge in [0.2, 0.25) is 5.13 Å². The molecule has 0 saturated carbocycles. The minimum atomic E-state index is -0.504. The number of benzene rings is 4. The lowest BCUT2D eigenvalue weighted by Gasteiger charge is -2.11. The predicted molar refractivity (Wildman–Crippen MR) is 151 cm³/mol. The molecule has 2 aromatic heterocycles. The van der Waals surface area contributed by atoms with Gasteiger partial charge in [-0.1, -0.05) is 84.1 Å². The number of hydrogen-bond acceptors (Lipinski definition) is 9. The molecule has 0 aliphatic carbocycles. The maximum absolute atomic E-state index is 13.1. The molecule has 0 bridgehead atoms. The van der Waals surface area contributed by atoms with Crippen molar-refractivity contribution < 1.29 is 9.90 Å². The molecule has 0 aliphatic heterocycles. The van der Waals surface area contributed by atoms with E-state index in [0.717, 1.165) is 5.56 Å². The first-order valence-electron chi connectivity index (χ1n) is 12.0. The first kappa shape index (κ1) is 24.6. The summed E-state index contributed by atoms with van der Waals surface area (Å²) in [6, 6.07) is 29.3. The maximum Gasteiger partial charge on any atom is 0.259 e. The normalized spacial score (nSPS) is 11.1. The van der Waals surface area contributed by atoms with Crippen LogP contribution in [0.25, 0.3) is 26.5 Å². The zero-order valence-corrected chi connectivity index (χ0v) is 21.4. The molecule has 192 valence electrons. The van der Waals surface area contributed by atoms with Gasteiger partial charge in [0.1, 0.15) is 22.3 Å². The lowest BCUT2D eigenvalue weighted by atomic mass is 10.0. The Hall–Kier alpha value is -5.73. The summed E-state index contributed by atoms with van der Waals surface area (Å²) in [4.78, 5) is 13.1. The summed E-state index contributed by atoms with van der Waals surface area (Å²) in [5.74, 6) is -0.737. The van der Waals surface area contributed by atoms with E-state index in [2.05, 4.69) is 36.9 Å². The molecule has 4 aromatic carbocycles. The van der Waals surface area contributed by atoms with Crippen molar-refractivity contribution >= 4 is 45.2 Å². The third-order valence-corrected chi connectivity index (χ3v) is 6.94. The Labute approximate surface area is 231 Å². The minimum Gasteiger partial charge on any atom is -0.505 e. The molecule has 6 rings (SSSR count). The fraction of sp³-hybridized carbons (Fsp3) is 0. The van der Waals surface area contributed by atoms with Crippen LogP contribution in [0.2, 0.25) is 0 Å². The van der Waals surface area contributed by atoms with Gasteiger partial charge >= 0.3 is 0 Å². The van der Waals surface area contributed by atoms with Gasteiger partial charge < -0.3 is 10.4 Å². The maximum atomic E-state index is 13.1. The molecule has 11 heteroatoms. The fourth-order valence-corrected chi connectivity index (χ4v) is 4.87. The second kappa shape index (κ2) is 10.6. The van der Waals surface area contributed by atoms with Gasteiger partial charge in [0.25, 0.3) is 5.91 Å². The molecule has 0 spiro atoms. The number of phenols is 1. The number of nitrogens with zero attached hydrogens (tertiary/aromatic N) is 7. The van der Waals surface area contributed by atoms with Gasteiger partial charge in [-0.15, -0.1) is 20.4 Å². The van der Waals surface area contributed by atoms with Gasteiger partial charge in [-0.25, -0.2) is 0 Å². The summed E-state index contributed by atoms with van der Waals surface area (Å²) in [6.07, 6.45) is 1.36. The summed E-state index contributed by atoms with van der Waals surface area (Å²) in [7, 11) is 0. The van der Waals surface area contributed by atoms with Gasteiger partial charge in [-0.2, -0.15) is 15.0 Å². The lowest BCUT2D eigenvalue weighted by Crippen LogP contribution is -2.12. The van der Waals surface area contributed by atoms with Crippen LogP contribution in [0.3, 0.4) is 0 Å². The monoisotopic (exact) mass is 542 g/mol. The molecule has 0 atom stereocenters. The fourth-order valence-electron chi connectivity index (χ4n) is 4.06. The highest BCUT2D eigenvalue weighted by atomic mass is 32.1. The zero-order valence-electron chi connectivity index (χ0n) is 20.6. The van der Waals surface area contributed by atoms with E-state index in [1.54, 1.807) is 42.5 Å². The first-order chi connectivity index (χ1) is 19.6. The first-order valence-corrected chi connectivity index (χ1v) is 12.8. The molecule has 0 saturated heterocycles. The van der Waals surface area contributed by atoms with Crippen LogP contribution in [-0.4, -0.2) is 31.0 Å². The van der Waals surface area contributed by atoms with Crippen molar-refractivity contribution in [3.05, 3.63) is 108 Å². The quantitative estimate of drug-likeness (QED) is 0.222. The number of nitrogens with one attached hydrogen (secondary N) is 1. The number of nitriles is 1. The lowest BCUT2D eigenvalue weighted by molar-refractivity contribution is 0.102. The number of aromatic hydroxyl groups is 1. The van der Waals surface area contributed by atoms with Gasteiger partial charge in [-0.3, -0.25) is 4.79 Å². The Bertz CT molecular complexity index is 1920. The predicted octanol–water partition coefficient (Wildman–Crippen LogP) is 6.79. The second-order valence-corrected chi connectivity index (χ2v) is 9.48. The molecular formula is C29H18N8O2S. The van der Waals surface area contributed by atoms with E-state index in [1.807, 2.05) is 48.5 Å². The minimum absolute atomic E-state index is 0.0298.